The zero-order valence-electron chi connectivity index (χ0n) is 16.8. The van der Waals surface area contributed by atoms with Crippen LogP contribution in [0.1, 0.15) is 43.8 Å². The van der Waals surface area contributed by atoms with Gasteiger partial charge in [-0.2, -0.15) is 0 Å². The molecule has 1 N–H and O–H groups in total. The van der Waals surface area contributed by atoms with E-state index in [4.69, 9.17) is 9.47 Å². The predicted octanol–water partition coefficient (Wildman–Crippen LogP) is 3.34. The molecule has 7 nitrogen and oxygen atoms in total. The molecule has 3 aromatic rings. The lowest BCUT2D eigenvalue weighted by molar-refractivity contribution is -0.117. The smallest absolute Gasteiger partial charge is 0.244 e. The van der Waals surface area contributed by atoms with Gasteiger partial charge in [-0.05, 0) is 51.1 Å². The van der Waals surface area contributed by atoms with Crippen LogP contribution in [0.3, 0.4) is 0 Å². The molecule has 0 saturated heterocycles. The van der Waals surface area contributed by atoms with E-state index in [1.807, 2.05) is 61.7 Å². The summed E-state index contributed by atoms with van der Waals surface area (Å²) in [4.78, 5) is 12.5. The molecule has 1 unspecified atom stereocenters. The van der Waals surface area contributed by atoms with E-state index in [-0.39, 0.29) is 18.1 Å². The van der Waals surface area contributed by atoms with Gasteiger partial charge in [0.2, 0.25) is 5.91 Å². The van der Waals surface area contributed by atoms with Crippen molar-refractivity contribution in [3.63, 3.8) is 0 Å². The van der Waals surface area contributed by atoms with Crippen molar-refractivity contribution in [2.75, 3.05) is 6.61 Å². The molecule has 0 saturated carbocycles. The molecule has 150 valence electrons. The molecule has 1 aromatic carbocycles. The number of carbonyl (C=O) groups is 1. The average molecular weight is 392 g/mol. The maximum atomic E-state index is 12.5. The van der Waals surface area contributed by atoms with Crippen LogP contribution in [-0.4, -0.2) is 33.2 Å². The molecular weight excluding hydrogens is 368 g/mol. The van der Waals surface area contributed by atoms with Crippen LogP contribution in [0.25, 0.3) is 11.7 Å². The molecule has 1 aliphatic rings. The molecule has 1 aliphatic heterocycles. The van der Waals surface area contributed by atoms with Gasteiger partial charge in [-0.25, -0.2) is 0 Å². The summed E-state index contributed by atoms with van der Waals surface area (Å²) >= 11 is 0. The Balaban J connectivity index is 1.50. The number of benzene rings is 1. The summed E-state index contributed by atoms with van der Waals surface area (Å²) in [5.41, 5.74) is 2.69. The molecule has 29 heavy (non-hydrogen) atoms. The van der Waals surface area contributed by atoms with Crippen LogP contribution in [0.2, 0.25) is 0 Å². The summed E-state index contributed by atoms with van der Waals surface area (Å²) in [7, 11) is 0. The van der Waals surface area contributed by atoms with Crippen LogP contribution in [0.4, 0.5) is 0 Å². The van der Waals surface area contributed by atoms with Crippen LogP contribution in [0.5, 0.6) is 11.5 Å². The van der Waals surface area contributed by atoms with Gasteiger partial charge in [-0.1, -0.05) is 6.07 Å². The van der Waals surface area contributed by atoms with Gasteiger partial charge < -0.3 is 14.8 Å². The first-order valence-electron chi connectivity index (χ1n) is 9.79. The topological polar surface area (TPSA) is 77.8 Å². The maximum Gasteiger partial charge on any atom is 0.244 e. The lowest BCUT2D eigenvalue weighted by Crippen LogP contribution is -2.26. The lowest BCUT2D eigenvalue weighted by atomic mass is 10.1. The van der Waals surface area contributed by atoms with Gasteiger partial charge in [-0.3, -0.25) is 9.20 Å². The molecule has 2 atom stereocenters. The minimum atomic E-state index is -0.292. The third kappa shape index (κ3) is 3.94. The molecule has 0 bridgehead atoms. The van der Waals surface area contributed by atoms with E-state index in [2.05, 4.69) is 15.5 Å². The fourth-order valence-electron chi connectivity index (χ4n) is 3.51. The standard InChI is InChI=1S/C22H24N4O3/c1-4-28-18-13-17-11-14(2)29-19(17)12-16(18)8-9-21(27)23-15(3)22-25-24-20-7-5-6-10-26(20)22/h5-10,12-15H,4,11H2,1-3H3,(H,23,27)/b9-8+/t14?,15-/m0/s1. The van der Waals surface area contributed by atoms with Crippen LogP contribution in [0, 0.1) is 0 Å². The monoisotopic (exact) mass is 392 g/mol. The highest BCUT2D eigenvalue weighted by molar-refractivity contribution is 5.92. The summed E-state index contributed by atoms with van der Waals surface area (Å²) in [6.07, 6.45) is 6.15. The van der Waals surface area contributed by atoms with E-state index in [0.29, 0.717) is 12.4 Å². The molecule has 0 radical (unpaired) electrons. The summed E-state index contributed by atoms with van der Waals surface area (Å²) in [5.74, 6) is 2.06. The number of nitrogens with zero attached hydrogens (tertiary/aromatic N) is 3. The molecule has 0 spiro atoms. The summed E-state index contributed by atoms with van der Waals surface area (Å²) in [6, 6.07) is 9.32. The minimum absolute atomic E-state index is 0.154. The van der Waals surface area contributed by atoms with Crippen LogP contribution < -0.4 is 14.8 Å². The van der Waals surface area contributed by atoms with Crippen molar-refractivity contribution in [3.8, 4) is 11.5 Å². The Bertz CT molecular complexity index is 1070. The fraction of sp³-hybridized carbons (Fsp3) is 0.318. The van der Waals surface area contributed by atoms with E-state index < -0.39 is 0 Å². The van der Waals surface area contributed by atoms with E-state index in [0.717, 1.165) is 34.7 Å². The Morgan fingerprint density at radius 3 is 3.10 bits per heavy atom. The first-order chi connectivity index (χ1) is 14.0. The number of aromatic nitrogens is 3. The largest absolute Gasteiger partial charge is 0.493 e. The number of nitrogens with one attached hydrogen (secondary N) is 1. The van der Waals surface area contributed by atoms with Crippen molar-refractivity contribution >= 4 is 17.6 Å². The van der Waals surface area contributed by atoms with Gasteiger partial charge in [-0.15, -0.1) is 10.2 Å². The predicted molar refractivity (Wildman–Crippen MR) is 110 cm³/mol. The molecular formula is C22H24N4O3. The highest BCUT2D eigenvalue weighted by atomic mass is 16.5. The van der Waals surface area contributed by atoms with Gasteiger partial charge in [0.25, 0.3) is 0 Å². The molecule has 7 heteroatoms. The summed E-state index contributed by atoms with van der Waals surface area (Å²) in [6.45, 7) is 6.42. The number of amides is 1. The maximum absolute atomic E-state index is 12.5. The second-order valence-electron chi connectivity index (χ2n) is 7.11. The van der Waals surface area contributed by atoms with E-state index in [1.165, 1.54) is 6.08 Å². The number of pyridine rings is 1. The number of rotatable bonds is 6. The quantitative estimate of drug-likeness (QED) is 0.651. The number of fused-ring (bicyclic) bond motifs is 2. The Labute approximate surface area is 169 Å². The summed E-state index contributed by atoms with van der Waals surface area (Å²) < 4.78 is 13.5. The van der Waals surface area contributed by atoms with Gasteiger partial charge in [0.05, 0.1) is 12.6 Å². The second-order valence-corrected chi connectivity index (χ2v) is 7.11. The van der Waals surface area contributed by atoms with Crippen molar-refractivity contribution in [1.82, 2.24) is 19.9 Å². The number of carbonyl (C=O) groups excluding carboxylic acids is 1. The first-order valence-corrected chi connectivity index (χ1v) is 9.79. The molecule has 3 heterocycles. The summed E-state index contributed by atoms with van der Waals surface area (Å²) in [5, 5.41) is 11.2. The van der Waals surface area contributed by atoms with Gasteiger partial charge in [0, 0.05) is 29.8 Å². The van der Waals surface area contributed by atoms with Gasteiger partial charge in [0.15, 0.2) is 11.5 Å². The molecule has 4 rings (SSSR count). The second kappa shape index (κ2) is 7.95. The van der Waals surface area contributed by atoms with Gasteiger partial charge in [0.1, 0.15) is 17.6 Å². The lowest BCUT2D eigenvalue weighted by Gasteiger charge is -2.11. The van der Waals surface area contributed by atoms with Gasteiger partial charge >= 0.3 is 0 Å². The zero-order valence-corrected chi connectivity index (χ0v) is 16.8. The Morgan fingerprint density at radius 1 is 1.41 bits per heavy atom. The van der Waals surface area contributed by atoms with E-state index in [9.17, 15) is 4.79 Å². The van der Waals surface area contributed by atoms with Crippen LogP contribution in [0.15, 0.2) is 42.6 Å². The Morgan fingerprint density at radius 2 is 2.28 bits per heavy atom. The fourth-order valence-corrected chi connectivity index (χ4v) is 3.51. The third-order valence-corrected chi connectivity index (χ3v) is 4.83. The SMILES string of the molecule is CCOc1cc2c(cc1/C=C/C(=O)N[C@@H](C)c1nnc3ccccn13)OC(C)C2. The average Bonchev–Trinajstić information content (AvgIpc) is 3.28. The number of hydrogen-bond acceptors (Lipinski definition) is 5. The third-order valence-electron chi connectivity index (χ3n) is 4.83. The number of hydrogen-bond donors (Lipinski definition) is 1. The van der Waals surface area contributed by atoms with E-state index >= 15 is 0 Å². The Kier molecular flexibility index (Phi) is 5.20. The van der Waals surface area contributed by atoms with Crippen molar-refractivity contribution in [2.24, 2.45) is 0 Å². The van der Waals surface area contributed by atoms with Crippen LogP contribution >= 0.6 is 0 Å². The molecule has 0 fully saturated rings. The normalized spacial score (nSPS) is 16.6. The molecule has 0 aliphatic carbocycles. The Hall–Kier alpha value is -3.35. The minimum Gasteiger partial charge on any atom is -0.493 e. The van der Waals surface area contributed by atoms with Crippen molar-refractivity contribution in [1.29, 1.82) is 0 Å². The van der Waals surface area contributed by atoms with Crippen molar-refractivity contribution in [2.45, 2.75) is 39.3 Å². The number of ether oxygens (including phenoxy) is 2. The van der Waals surface area contributed by atoms with Crippen molar-refractivity contribution in [3.05, 3.63) is 59.6 Å². The molecule has 1 amide bonds. The molecule has 2 aromatic heterocycles. The first kappa shape index (κ1) is 19.0. The van der Waals surface area contributed by atoms with Crippen LogP contribution in [-0.2, 0) is 11.2 Å². The highest BCUT2D eigenvalue weighted by Crippen LogP contribution is 2.35. The van der Waals surface area contributed by atoms with Crippen molar-refractivity contribution < 1.29 is 14.3 Å². The highest BCUT2D eigenvalue weighted by Gasteiger charge is 2.21. The zero-order chi connectivity index (χ0) is 20.4. The van der Waals surface area contributed by atoms with E-state index in [1.54, 1.807) is 6.08 Å².